The molecule has 0 amide bonds. The summed E-state index contributed by atoms with van der Waals surface area (Å²) >= 11 is 3.47. The van der Waals surface area contributed by atoms with E-state index in [0.29, 0.717) is 5.92 Å². The highest BCUT2D eigenvalue weighted by atomic mass is 32.1. The van der Waals surface area contributed by atoms with Crippen LogP contribution in [0.25, 0.3) is 10.6 Å². The van der Waals surface area contributed by atoms with Gasteiger partial charge in [-0.05, 0) is 24.9 Å². The fourth-order valence-corrected chi connectivity index (χ4v) is 4.27. The van der Waals surface area contributed by atoms with E-state index in [9.17, 15) is 0 Å². The van der Waals surface area contributed by atoms with Gasteiger partial charge in [0.05, 0.1) is 16.4 Å². The number of rotatable bonds is 7. The highest BCUT2D eigenvalue weighted by molar-refractivity contribution is 7.13. The minimum atomic E-state index is 0.563. The Kier molecular flexibility index (Phi) is 5.99. The van der Waals surface area contributed by atoms with E-state index in [0.717, 1.165) is 35.9 Å². The molecule has 3 aromatic rings. The molecule has 0 fully saturated rings. The van der Waals surface area contributed by atoms with Crippen LogP contribution in [0.15, 0.2) is 35.0 Å². The van der Waals surface area contributed by atoms with Gasteiger partial charge in [0.15, 0.2) is 0 Å². The molecule has 5 heteroatoms. The summed E-state index contributed by atoms with van der Waals surface area (Å²) in [6.07, 6.45) is 1.01. The van der Waals surface area contributed by atoms with Gasteiger partial charge in [0.25, 0.3) is 0 Å². The molecule has 2 aromatic heterocycles. The molecule has 0 saturated heterocycles. The Labute approximate surface area is 158 Å². The maximum atomic E-state index is 4.82. The van der Waals surface area contributed by atoms with Gasteiger partial charge in [-0.3, -0.25) is 4.90 Å². The molecule has 0 aliphatic heterocycles. The van der Waals surface area contributed by atoms with Crippen LogP contribution in [0, 0.1) is 0 Å². The Morgan fingerprint density at radius 2 is 1.60 bits per heavy atom. The Morgan fingerprint density at radius 3 is 2.20 bits per heavy atom. The van der Waals surface area contributed by atoms with E-state index in [-0.39, 0.29) is 0 Å². The second kappa shape index (κ2) is 8.21. The number of hydrogen-bond donors (Lipinski definition) is 0. The van der Waals surface area contributed by atoms with Crippen LogP contribution in [-0.2, 0) is 19.5 Å². The van der Waals surface area contributed by atoms with Crippen LogP contribution in [0.1, 0.15) is 48.6 Å². The minimum Gasteiger partial charge on any atom is -0.295 e. The molecular formula is C20H25N3S2. The summed E-state index contributed by atoms with van der Waals surface area (Å²) in [7, 11) is 2.13. The SMILES string of the molecule is CCc1nc(CN(C)Cc2csc(-c3ccc(C(C)C)cc3)n2)cs1. The molecule has 25 heavy (non-hydrogen) atoms. The van der Waals surface area contributed by atoms with Crippen molar-refractivity contribution in [2.24, 2.45) is 0 Å². The first-order chi connectivity index (χ1) is 12.0. The van der Waals surface area contributed by atoms with E-state index >= 15 is 0 Å². The van der Waals surface area contributed by atoms with Crippen molar-refractivity contribution in [1.82, 2.24) is 14.9 Å². The van der Waals surface area contributed by atoms with Crippen LogP contribution >= 0.6 is 22.7 Å². The number of aryl methyl sites for hydroxylation is 1. The summed E-state index contributed by atoms with van der Waals surface area (Å²) < 4.78 is 0. The number of thiazole rings is 2. The minimum absolute atomic E-state index is 0.563. The second-order valence-electron chi connectivity index (χ2n) is 6.68. The van der Waals surface area contributed by atoms with Crippen molar-refractivity contribution >= 4 is 22.7 Å². The summed E-state index contributed by atoms with van der Waals surface area (Å²) in [4.78, 5) is 11.7. The molecule has 2 heterocycles. The molecule has 1 aromatic carbocycles. The van der Waals surface area contributed by atoms with Crippen molar-refractivity contribution in [2.75, 3.05) is 7.05 Å². The standard InChI is InChI=1S/C20H25N3S2/c1-5-19-21-17(12-24-19)10-23(4)11-18-13-25-20(22-18)16-8-6-15(7-9-16)14(2)3/h6-9,12-14H,5,10-11H2,1-4H3. The van der Waals surface area contributed by atoms with Crippen molar-refractivity contribution in [3.8, 4) is 10.6 Å². The van der Waals surface area contributed by atoms with Gasteiger partial charge in [0, 0.05) is 29.4 Å². The zero-order valence-corrected chi connectivity index (χ0v) is 17.0. The van der Waals surface area contributed by atoms with Crippen molar-refractivity contribution in [3.63, 3.8) is 0 Å². The summed E-state index contributed by atoms with van der Waals surface area (Å²) in [5, 5.41) is 6.64. The molecule has 132 valence electrons. The number of nitrogens with zero attached hydrogens (tertiary/aromatic N) is 3. The Balaban J connectivity index is 1.62. The highest BCUT2D eigenvalue weighted by Gasteiger charge is 2.10. The van der Waals surface area contributed by atoms with Gasteiger partial charge in [-0.15, -0.1) is 22.7 Å². The predicted octanol–water partition coefficient (Wildman–Crippen LogP) is 5.58. The van der Waals surface area contributed by atoms with Crippen molar-refractivity contribution in [3.05, 3.63) is 57.0 Å². The van der Waals surface area contributed by atoms with E-state index in [2.05, 4.69) is 72.7 Å². The van der Waals surface area contributed by atoms with Crippen LogP contribution in [-0.4, -0.2) is 21.9 Å². The van der Waals surface area contributed by atoms with Crippen LogP contribution in [0.3, 0.4) is 0 Å². The number of hydrogen-bond acceptors (Lipinski definition) is 5. The lowest BCUT2D eigenvalue weighted by atomic mass is 10.0. The highest BCUT2D eigenvalue weighted by Crippen LogP contribution is 2.26. The van der Waals surface area contributed by atoms with Gasteiger partial charge >= 0.3 is 0 Å². The quantitative estimate of drug-likeness (QED) is 0.542. The Morgan fingerprint density at radius 1 is 0.960 bits per heavy atom. The number of aromatic nitrogens is 2. The zero-order chi connectivity index (χ0) is 17.8. The first-order valence-electron chi connectivity index (χ1n) is 8.71. The van der Waals surface area contributed by atoms with Gasteiger partial charge in [-0.1, -0.05) is 45.0 Å². The molecule has 0 radical (unpaired) electrons. The third-order valence-electron chi connectivity index (χ3n) is 4.14. The maximum absolute atomic E-state index is 4.82. The molecule has 0 spiro atoms. The van der Waals surface area contributed by atoms with Crippen LogP contribution in [0.4, 0.5) is 0 Å². The fraction of sp³-hybridized carbons (Fsp3) is 0.400. The molecule has 0 aliphatic rings. The van der Waals surface area contributed by atoms with E-state index in [1.54, 1.807) is 22.7 Å². The third kappa shape index (κ3) is 4.75. The van der Waals surface area contributed by atoms with Crippen molar-refractivity contribution in [1.29, 1.82) is 0 Å². The van der Waals surface area contributed by atoms with E-state index in [4.69, 9.17) is 4.98 Å². The van der Waals surface area contributed by atoms with Gasteiger partial charge in [-0.25, -0.2) is 9.97 Å². The molecule has 3 rings (SSSR count). The molecule has 0 aliphatic carbocycles. The predicted molar refractivity (Wildman–Crippen MR) is 108 cm³/mol. The number of benzene rings is 1. The van der Waals surface area contributed by atoms with E-state index < -0.39 is 0 Å². The normalized spacial score (nSPS) is 11.6. The van der Waals surface area contributed by atoms with Crippen LogP contribution < -0.4 is 0 Å². The monoisotopic (exact) mass is 371 g/mol. The largest absolute Gasteiger partial charge is 0.295 e. The van der Waals surface area contributed by atoms with Crippen molar-refractivity contribution in [2.45, 2.75) is 46.2 Å². The van der Waals surface area contributed by atoms with E-state index in [1.165, 1.54) is 16.1 Å². The molecule has 0 atom stereocenters. The molecule has 0 bridgehead atoms. The zero-order valence-electron chi connectivity index (χ0n) is 15.3. The third-order valence-corrected chi connectivity index (χ3v) is 6.12. The van der Waals surface area contributed by atoms with Gasteiger partial charge in [0.2, 0.25) is 0 Å². The van der Waals surface area contributed by atoms with Gasteiger partial charge in [0.1, 0.15) is 5.01 Å². The first kappa shape index (κ1) is 18.2. The second-order valence-corrected chi connectivity index (χ2v) is 8.48. The maximum Gasteiger partial charge on any atom is 0.123 e. The van der Waals surface area contributed by atoms with Crippen molar-refractivity contribution < 1.29 is 0 Å². The van der Waals surface area contributed by atoms with Crippen LogP contribution in [0.5, 0.6) is 0 Å². The average molecular weight is 372 g/mol. The molecule has 0 unspecified atom stereocenters. The lowest BCUT2D eigenvalue weighted by molar-refractivity contribution is 0.312. The summed E-state index contributed by atoms with van der Waals surface area (Å²) in [6, 6.07) is 8.79. The van der Waals surface area contributed by atoms with E-state index in [1.807, 2.05) is 0 Å². The lowest BCUT2D eigenvalue weighted by Crippen LogP contribution is -2.17. The topological polar surface area (TPSA) is 29.0 Å². The van der Waals surface area contributed by atoms with Gasteiger partial charge < -0.3 is 0 Å². The molecule has 0 saturated carbocycles. The molecular weight excluding hydrogens is 346 g/mol. The van der Waals surface area contributed by atoms with Gasteiger partial charge in [-0.2, -0.15) is 0 Å². The Bertz CT molecular complexity index is 802. The van der Waals surface area contributed by atoms with Crippen LogP contribution in [0.2, 0.25) is 0 Å². The molecule has 3 nitrogen and oxygen atoms in total. The first-order valence-corrected chi connectivity index (χ1v) is 10.5. The summed E-state index contributed by atoms with van der Waals surface area (Å²) in [5.41, 5.74) is 4.86. The average Bonchev–Trinajstić information content (AvgIpc) is 3.24. The smallest absolute Gasteiger partial charge is 0.123 e. The lowest BCUT2D eigenvalue weighted by Gasteiger charge is -2.13. The fourth-order valence-electron chi connectivity index (χ4n) is 2.72. The Hall–Kier alpha value is -1.56. The summed E-state index contributed by atoms with van der Waals surface area (Å²) in [6.45, 7) is 8.30. The summed E-state index contributed by atoms with van der Waals surface area (Å²) in [5.74, 6) is 0.563. The molecule has 0 N–H and O–H groups in total.